The molecule has 1 aliphatic heterocycles. The fraction of sp³-hybridized carbons (Fsp3) is 0.405. The van der Waals surface area contributed by atoms with Gasteiger partial charge in [-0.15, -0.1) is 0 Å². The molecule has 0 saturated heterocycles. The number of nitriles is 3. The van der Waals surface area contributed by atoms with Gasteiger partial charge in [-0.3, -0.25) is 4.79 Å². The van der Waals surface area contributed by atoms with Crippen LogP contribution in [0.25, 0.3) is 6.08 Å². The molecule has 2 aromatic carbocycles. The van der Waals surface area contributed by atoms with Crippen molar-refractivity contribution in [3.8, 4) is 18.2 Å². The molecule has 0 saturated carbocycles. The van der Waals surface area contributed by atoms with Gasteiger partial charge in [-0.25, -0.2) is 0 Å². The van der Waals surface area contributed by atoms with Crippen molar-refractivity contribution in [2.45, 2.75) is 59.4 Å². The highest BCUT2D eigenvalue weighted by atomic mass is 16.5. The van der Waals surface area contributed by atoms with E-state index >= 15 is 0 Å². The summed E-state index contributed by atoms with van der Waals surface area (Å²) in [5.41, 5.74) is 3.16. The summed E-state index contributed by atoms with van der Waals surface area (Å²) < 4.78 is 11.6. The molecule has 1 aliphatic rings. The van der Waals surface area contributed by atoms with Crippen molar-refractivity contribution in [3.05, 3.63) is 82.6 Å². The van der Waals surface area contributed by atoms with Crippen LogP contribution in [0.15, 0.2) is 87.3 Å². The van der Waals surface area contributed by atoms with Gasteiger partial charge in [-0.1, -0.05) is 44.9 Å². The molecule has 0 N–H and O–H groups in total. The second-order valence-corrected chi connectivity index (χ2v) is 11.2. The quantitative estimate of drug-likeness (QED) is 0.0923. The van der Waals surface area contributed by atoms with Crippen LogP contribution in [-0.2, 0) is 14.3 Å². The third kappa shape index (κ3) is 10.5. The Hall–Kier alpha value is -5.08. The zero-order valence-corrected chi connectivity index (χ0v) is 27.8. The van der Waals surface area contributed by atoms with Crippen molar-refractivity contribution in [1.82, 2.24) is 4.90 Å². The Morgan fingerprint density at radius 1 is 0.830 bits per heavy atom. The first-order valence-electron chi connectivity index (χ1n) is 16.1. The van der Waals surface area contributed by atoms with Crippen molar-refractivity contribution in [2.24, 2.45) is 10.2 Å². The summed E-state index contributed by atoms with van der Waals surface area (Å²) in [4.78, 5) is 16.7. The second-order valence-electron chi connectivity index (χ2n) is 11.2. The van der Waals surface area contributed by atoms with Gasteiger partial charge in [0.05, 0.1) is 41.4 Å². The van der Waals surface area contributed by atoms with E-state index in [-0.39, 0.29) is 28.5 Å². The van der Waals surface area contributed by atoms with Crippen LogP contribution in [-0.4, -0.2) is 56.4 Å². The van der Waals surface area contributed by atoms with E-state index in [9.17, 15) is 20.6 Å². The third-order valence-electron chi connectivity index (χ3n) is 7.41. The van der Waals surface area contributed by atoms with E-state index in [4.69, 9.17) is 9.47 Å². The lowest BCUT2D eigenvalue weighted by Gasteiger charge is -2.25. The number of amides is 1. The van der Waals surface area contributed by atoms with E-state index in [0.29, 0.717) is 18.9 Å². The normalized spacial score (nSPS) is 13.1. The van der Waals surface area contributed by atoms with E-state index in [1.54, 1.807) is 38.1 Å². The number of carbonyl (C=O) groups excluding carboxylic acids is 1. The minimum atomic E-state index is -0.425. The lowest BCUT2D eigenvalue weighted by molar-refractivity contribution is -0.125. The number of benzene rings is 2. The van der Waals surface area contributed by atoms with Crippen LogP contribution in [0.4, 0.5) is 17.1 Å². The Kier molecular flexibility index (Phi) is 15.0. The Balaban J connectivity index is 1.68. The largest absolute Gasteiger partial charge is 0.380 e. The van der Waals surface area contributed by atoms with E-state index < -0.39 is 5.91 Å². The maximum absolute atomic E-state index is 13.2. The van der Waals surface area contributed by atoms with Crippen LogP contribution in [0, 0.1) is 34.0 Å². The van der Waals surface area contributed by atoms with E-state index in [2.05, 4.69) is 29.0 Å². The molecule has 0 aromatic heterocycles. The van der Waals surface area contributed by atoms with Gasteiger partial charge < -0.3 is 19.3 Å². The number of unbranched alkanes of at least 4 members (excludes halogenated alkanes) is 2. The molecule has 1 heterocycles. The van der Waals surface area contributed by atoms with Gasteiger partial charge in [0.1, 0.15) is 18.2 Å². The number of allylic oxidation sites excluding steroid dienone is 2. The maximum atomic E-state index is 13.2. The predicted octanol–water partition coefficient (Wildman–Crippen LogP) is 7.93. The summed E-state index contributed by atoms with van der Waals surface area (Å²) in [6.45, 7) is 12.3. The summed E-state index contributed by atoms with van der Waals surface area (Å²) in [6, 6.07) is 20.5. The lowest BCUT2D eigenvalue weighted by atomic mass is 10.1. The Morgan fingerprint density at radius 2 is 1.36 bits per heavy atom. The summed E-state index contributed by atoms with van der Waals surface area (Å²) in [5.74, 6) is -0.425. The first-order valence-corrected chi connectivity index (χ1v) is 16.1. The van der Waals surface area contributed by atoms with Crippen LogP contribution in [0.1, 0.15) is 58.9 Å². The van der Waals surface area contributed by atoms with Gasteiger partial charge in [-0.2, -0.15) is 26.0 Å². The number of anilines is 1. The number of carbonyl (C=O) groups is 1. The predicted molar refractivity (Wildman–Crippen MR) is 183 cm³/mol. The molecule has 47 heavy (non-hydrogen) atoms. The fourth-order valence-electron chi connectivity index (χ4n) is 4.82. The number of rotatable bonds is 18. The van der Waals surface area contributed by atoms with Crippen molar-refractivity contribution in [2.75, 3.05) is 44.4 Å². The highest BCUT2D eigenvalue weighted by molar-refractivity contribution is 6.05. The van der Waals surface area contributed by atoms with Crippen molar-refractivity contribution in [3.63, 3.8) is 0 Å². The number of hydrogen-bond donors (Lipinski definition) is 0. The maximum Gasteiger partial charge on any atom is 0.260 e. The molecule has 0 unspecified atom stereocenters. The zero-order chi connectivity index (χ0) is 34.0. The van der Waals surface area contributed by atoms with Crippen LogP contribution in [0.3, 0.4) is 0 Å². The topological polar surface area (TPSA) is 138 Å². The highest BCUT2D eigenvalue weighted by Gasteiger charge is 2.37. The smallest absolute Gasteiger partial charge is 0.260 e. The monoisotopic (exact) mass is 633 g/mol. The molecular weight excluding hydrogens is 590 g/mol. The molecule has 3 rings (SSSR count). The molecule has 10 heteroatoms. The van der Waals surface area contributed by atoms with Gasteiger partial charge in [0.15, 0.2) is 5.57 Å². The van der Waals surface area contributed by atoms with Gasteiger partial charge in [0.2, 0.25) is 0 Å². The standard InChI is InChI=1S/C37H43N7O3/c1-5-7-21-46-23-19-43(20-24-47-22-8-6-2)33-16-14-32(15-17-33)42-41-31-12-9-29(10-13-31)11-18-34-35(27-40)36(30(25-38)26-39)44(28(3)4)37(34)45/h9-18,28H,5-8,19-24H2,1-4H3/b18-11+,42-41?. The van der Waals surface area contributed by atoms with Crippen molar-refractivity contribution < 1.29 is 14.3 Å². The number of hydrogen-bond acceptors (Lipinski definition) is 9. The summed E-state index contributed by atoms with van der Waals surface area (Å²) in [7, 11) is 0. The fourth-order valence-corrected chi connectivity index (χ4v) is 4.82. The molecule has 0 spiro atoms. The number of azo groups is 1. The van der Waals surface area contributed by atoms with Crippen LogP contribution in [0.2, 0.25) is 0 Å². The van der Waals surface area contributed by atoms with Gasteiger partial charge in [-0.05, 0) is 74.7 Å². The van der Waals surface area contributed by atoms with Crippen molar-refractivity contribution in [1.29, 1.82) is 15.8 Å². The molecule has 0 atom stereocenters. The van der Waals surface area contributed by atoms with E-state index in [0.717, 1.165) is 68.9 Å². The van der Waals surface area contributed by atoms with E-state index in [1.807, 2.05) is 54.6 Å². The van der Waals surface area contributed by atoms with Crippen LogP contribution < -0.4 is 4.90 Å². The highest BCUT2D eigenvalue weighted by Crippen LogP contribution is 2.34. The molecular formula is C37H43N7O3. The van der Waals surface area contributed by atoms with Crippen LogP contribution in [0.5, 0.6) is 0 Å². The lowest BCUT2D eigenvalue weighted by Crippen LogP contribution is -2.33. The molecule has 2 aromatic rings. The Morgan fingerprint density at radius 3 is 1.83 bits per heavy atom. The molecule has 0 fully saturated rings. The third-order valence-corrected chi connectivity index (χ3v) is 7.41. The summed E-state index contributed by atoms with van der Waals surface area (Å²) in [5, 5.41) is 37.4. The summed E-state index contributed by atoms with van der Waals surface area (Å²) in [6.07, 6.45) is 7.61. The number of nitrogens with zero attached hydrogens (tertiary/aromatic N) is 7. The first kappa shape index (κ1) is 36.4. The van der Waals surface area contributed by atoms with Gasteiger partial charge >= 0.3 is 0 Å². The SMILES string of the molecule is CCCCOCCN(CCOCCCC)c1ccc(N=Nc2ccc(/C=C/C3=C(C#N)C(=C(C#N)C#N)N(C(C)C)C3=O)cc2)cc1. The molecule has 0 radical (unpaired) electrons. The average Bonchev–Trinajstić information content (AvgIpc) is 3.37. The average molecular weight is 634 g/mol. The van der Waals surface area contributed by atoms with Crippen LogP contribution >= 0.6 is 0 Å². The molecule has 0 bridgehead atoms. The van der Waals surface area contributed by atoms with Crippen molar-refractivity contribution >= 4 is 29.0 Å². The summed E-state index contributed by atoms with van der Waals surface area (Å²) >= 11 is 0. The second kappa shape index (κ2) is 19.4. The van der Waals surface area contributed by atoms with Gasteiger partial charge in [0, 0.05) is 38.0 Å². The molecule has 1 amide bonds. The number of ether oxygens (including phenoxy) is 2. The molecule has 10 nitrogen and oxygen atoms in total. The Labute approximate surface area is 278 Å². The van der Waals surface area contributed by atoms with Gasteiger partial charge in [0.25, 0.3) is 5.91 Å². The minimum Gasteiger partial charge on any atom is -0.380 e. The minimum absolute atomic E-state index is 0.0122. The molecule has 244 valence electrons. The molecule has 0 aliphatic carbocycles. The Bertz CT molecular complexity index is 1550. The first-order chi connectivity index (χ1) is 22.9. The zero-order valence-electron chi connectivity index (χ0n) is 27.8. The van der Waals surface area contributed by atoms with E-state index in [1.165, 1.54) is 4.90 Å².